The van der Waals surface area contributed by atoms with Gasteiger partial charge in [0.05, 0.1) is 48.9 Å². The van der Waals surface area contributed by atoms with Gasteiger partial charge in [-0.15, -0.1) is 0 Å². The van der Waals surface area contributed by atoms with Crippen LogP contribution in [0.4, 0.5) is 8.78 Å². The molecule has 0 unspecified atom stereocenters. The number of rotatable bonds is 16. The number of nitrogens with two attached hydrogens (primary N) is 1. The second-order valence-corrected chi connectivity index (χ2v) is 11.1. The second kappa shape index (κ2) is 16.6. The molecule has 0 atom stereocenters. The number of nitrogens with one attached hydrogen (secondary N) is 1. The predicted octanol–water partition coefficient (Wildman–Crippen LogP) is 5.33. The second-order valence-electron chi connectivity index (χ2n) is 11.1. The summed E-state index contributed by atoms with van der Waals surface area (Å²) in [4.78, 5) is 41.7. The zero-order valence-electron chi connectivity index (χ0n) is 26.8. The molecular formula is C37H34F2N4O7. The van der Waals surface area contributed by atoms with Crippen LogP contribution in [-0.4, -0.2) is 77.1 Å². The van der Waals surface area contributed by atoms with Crippen LogP contribution in [0.2, 0.25) is 0 Å². The van der Waals surface area contributed by atoms with E-state index in [-0.39, 0.29) is 41.5 Å². The summed E-state index contributed by atoms with van der Waals surface area (Å²) in [7, 11) is 0. The predicted molar refractivity (Wildman–Crippen MR) is 181 cm³/mol. The molecule has 0 spiro atoms. The molecule has 0 fully saturated rings. The van der Waals surface area contributed by atoms with Crippen LogP contribution in [0.1, 0.15) is 36.6 Å². The molecule has 1 heterocycles. The van der Waals surface area contributed by atoms with Crippen LogP contribution in [0.25, 0.3) is 33.9 Å². The number of hydrogen-bond acceptors (Lipinski definition) is 7. The van der Waals surface area contributed by atoms with E-state index in [2.05, 4.69) is 5.32 Å². The van der Waals surface area contributed by atoms with Crippen molar-refractivity contribution >= 4 is 17.8 Å². The van der Waals surface area contributed by atoms with Gasteiger partial charge in [-0.1, -0.05) is 12.1 Å². The zero-order chi connectivity index (χ0) is 35.6. The fourth-order valence-corrected chi connectivity index (χ4v) is 5.23. The maximum absolute atomic E-state index is 14.1. The topological polar surface area (TPSA) is 166 Å². The van der Waals surface area contributed by atoms with E-state index in [1.807, 2.05) is 0 Å². The zero-order valence-corrected chi connectivity index (χ0v) is 26.8. The number of amides is 1. The molecule has 0 saturated heterocycles. The summed E-state index contributed by atoms with van der Waals surface area (Å²) in [5, 5.41) is 22.4. The van der Waals surface area contributed by atoms with Gasteiger partial charge in [0.1, 0.15) is 17.5 Å². The molecule has 4 aromatic carbocycles. The van der Waals surface area contributed by atoms with Crippen molar-refractivity contribution < 1.29 is 42.9 Å². The van der Waals surface area contributed by atoms with E-state index < -0.39 is 23.6 Å². The Balaban J connectivity index is 1.53. The van der Waals surface area contributed by atoms with Crippen LogP contribution in [0.5, 0.6) is 0 Å². The summed E-state index contributed by atoms with van der Waals surface area (Å²) < 4.78 is 40.5. The Bertz CT molecular complexity index is 1930. The maximum Gasteiger partial charge on any atom is 0.335 e. The van der Waals surface area contributed by atoms with Crippen molar-refractivity contribution in [2.45, 2.75) is 6.54 Å². The van der Waals surface area contributed by atoms with E-state index in [0.29, 0.717) is 66.6 Å². The fraction of sp³-hybridized carbons (Fsp3) is 0.189. The monoisotopic (exact) mass is 684 g/mol. The van der Waals surface area contributed by atoms with E-state index in [0.717, 1.165) is 6.07 Å². The van der Waals surface area contributed by atoms with Crippen LogP contribution in [0.15, 0.2) is 91.0 Å². The van der Waals surface area contributed by atoms with E-state index in [1.165, 1.54) is 48.5 Å². The number of halogens is 2. The third-order valence-corrected chi connectivity index (χ3v) is 7.61. The van der Waals surface area contributed by atoms with Crippen molar-refractivity contribution in [3.8, 4) is 33.9 Å². The first-order chi connectivity index (χ1) is 24.1. The van der Waals surface area contributed by atoms with Gasteiger partial charge in [0.15, 0.2) is 0 Å². The molecule has 0 bridgehead atoms. The maximum atomic E-state index is 14.1. The summed E-state index contributed by atoms with van der Waals surface area (Å²) in [6.07, 6.45) is 0. The third-order valence-electron chi connectivity index (χ3n) is 7.61. The highest BCUT2D eigenvalue weighted by Crippen LogP contribution is 2.37. The molecule has 0 aliphatic carbocycles. The highest BCUT2D eigenvalue weighted by atomic mass is 19.1. The van der Waals surface area contributed by atoms with Crippen molar-refractivity contribution in [3.05, 3.63) is 125 Å². The van der Waals surface area contributed by atoms with Crippen molar-refractivity contribution in [2.24, 2.45) is 5.73 Å². The van der Waals surface area contributed by atoms with Crippen molar-refractivity contribution in [1.82, 2.24) is 14.9 Å². The molecule has 5 rings (SSSR count). The summed E-state index contributed by atoms with van der Waals surface area (Å²) >= 11 is 0. The number of carboxylic acids is 2. The highest BCUT2D eigenvalue weighted by Gasteiger charge is 2.24. The van der Waals surface area contributed by atoms with Gasteiger partial charge in [-0.2, -0.15) is 0 Å². The Morgan fingerprint density at radius 2 is 1.26 bits per heavy atom. The molecule has 5 N–H and O–H groups in total. The summed E-state index contributed by atoms with van der Waals surface area (Å²) in [5.41, 5.74) is 8.07. The van der Waals surface area contributed by atoms with Crippen molar-refractivity contribution in [1.29, 1.82) is 0 Å². The third kappa shape index (κ3) is 8.82. The van der Waals surface area contributed by atoms with Crippen LogP contribution >= 0.6 is 0 Å². The molecule has 13 heteroatoms. The fourth-order valence-electron chi connectivity index (χ4n) is 5.23. The number of carboxylic acid groups (broad SMARTS) is 2. The van der Waals surface area contributed by atoms with Gasteiger partial charge in [-0.25, -0.2) is 23.4 Å². The van der Waals surface area contributed by atoms with E-state index >= 15 is 0 Å². The first kappa shape index (κ1) is 35.5. The van der Waals surface area contributed by atoms with E-state index in [1.54, 1.807) is 41.0 Å². The number of carbonyl (C=O) groups excluding carboxylic acids is 1. The summed E-state index contributed by atoms with van der Waals surface area (Å²) in [5.74, 6) is -3.70. The van der Waals surface area contributed by atoms with Gasteiger partial charge in [-0.05, 0) is 84.4 Å². The minimum atomic E-state index is -1.33. The van der Waals surface area contributed by atoms with Gasteiger partial charge in [0.25, 0.3) is 5.91 Å². The molecule has 0 saturated carbocycles. The minimum Gasteiger partial charge on any atom is -0.478 e. The average molecular weight is 685 g/mol. The standard InChI is InChI=1S/C37H34F2N4O7/c38-30-9-5-24(6-10-30)32-33(25-7-11-31(39)12-8-25)43(34(42-32)27-19-28(36(45)46)21-29(20-27)37(47)48)22-23-1-3-26(4-2-23)35(44)41-14-16-50-18-17-49-15-13-40/h1-12,19-21H,13-18,22,40H2,(H,41,44)(H,45,46)(H,47,48). The Hall–Kier alpha value is -5.76. The lowest BCUT2D eigenvalue weighted by Crippen LogP contribution is -2.27. The first-order valence-corrected chi connectivity index (χ1v) is 15.6. The Morgan fingerprint density at radius 3 is 1.82 bits per heavy atom. The quantitative estimate of drug-likeness (QED) is 0.101. The first-order valence-electron chi connectivity index (χ1n) is 15.6. The largest absolute Gasteiger partial charge is 0.478 e. The molecule has 0 aliphatic heterocycles. The number of imidazole rings is 1. The Kier molecular flexibility index (Phi) is 11.8. The Labute approximate surface area is 285 Å². The van der Waals surface area contributed by atoms with Crippen LogP contribution < -0.4 is 11.1 Å². The molecule has 0 radical (unpaired) electrons. The van der Waals surface area contributed by atoms with Gasteiger partial charge in [-0.3, -0.25) is 4.79 Å². The molecule has 1 amide bonds. The van der Waals surface area contributed by atoms with Crippen LogP contribution in [0.3, 0.4) is 0 Å². The summed E-state index contributed by atoms with van der Waals surface area (Å²) in [6, 6.07) is 21.7. The number of carbonyl (C=O) groups is 3. The smallest absolute Gasteiger partial charge is 0.335 e. The number of hydrogen-bond donors (Lipinski definition) is 4. The number of aromatic carboxylic acids is 2. The number of aromatic nitrogens is 2. The van der Waals surface area contributed by atoms with E-state index in [4.69, 9.17) is 20.2 Å². The summed E-state index contributed by atoms with van der Waals surface area (Å²) in [6.45, 7) is 2.38. The van der Waals surface area contributed by atoms with Gasteiger partial charge in [0.2, 0.25) is 0 Å². The average Bonchev–Trinajstić information content (AvgIpc) is 3.48. The SMILES string of the molecule is NCCOCCOCCNC(=O)c1ccc(Cn2c(-c3cc(C(=O)O)cc(C(=O)O)c3)nc(-c3ccc(F)cc3)c2-c2ccc(F)cc2)cc1. The molecule has 258 valence electrons. The molecule has 50 heavy (non-hydrogen) atoms. The lowest BCUT2D eigenvalue weighted by atomic mass is 10.0. The van der Waals surface area contributed by atoms with Gasteiger partial charge >= 0.3 is 11.9 Å². The van der Waals surface area contributed by atoms with Gasteiger partial charge in [0, 0.05) is 41.9 Å². The lowest BCUT2D eigenvalue weighted by molar-refractivity contribution is 0.0511. The van der Waals surface area contributed by atoms with Crippen LogP contribution in [-0.2, 0) is 16.0 Å². The molecule has 5 aromatic rings. The van der Waals surface area contributed by atoms with Crippen LogP contribution in [0, 0.1) is 11.6 Å². The number of benzene rings is 4. The lowest BCUT2D eigenvalue weighted by Gasteiger charge is -2.15. The minimum absolute atomic E-state index is 0.123. The number of nitrogens with zero attached hydrogens (tertiary/aromatic N) is 2. The number of ether oxygens (including phenoxy) is 2. The molecular weight excluding hydrogens is 650 g/mol. The molecule has 0 aliphatic rings. The highest BCUT2D eigenvalue weighted by molar-refractivity contribution is 5.96. The van der Waals surface area contributed by atoms with Crippen molar-refractivity contribution in [3.63, 3.8) is 0 Å². The van der Waals surface area contributed by atoms with Crippen molar-refractivity contribution in [2.75, 3.05) is 39.5 Å². The molecule has 1 aromatic heterocycles. The van der Waals surface area contributed by atoms with Gasteiger partial charge < -0.3 is 35.3 Å². The molecule has 11 nitrogen and oxygen atoms in total. The van der Waals surface area contributed by atoms with E-state index in [9.17, 15) is 33.4 Å². The normalized spacial score (nSPS) is 11.0. The Morgan fingerprint density at radius 1 is 0.700 bits per heavy atom.